The molecule has 0 radical (unpaired) electrons. The molecule has 0 saturated carbocycles. The quantitative estimate of drug-likeness (QED) is 0.160. The maximum Gasteiger partial charge on any atom is 0.256 e. The van der Waals surface area contributed by atoms with E-state index >= 15 is 0 Å². The Hall–Kier alpha value is -9.59. The monoisotopic (exact) mass is 954 g/mol. The predicted octanol–water partition coefficient (Wildman–Crippen LogP) is 10.6. The molecule has 0 aromatic heterocycles. The second-order valence-electron chi connectivity index (χ2n) is 20.3. The molecule has 6 aliphatic rings. The molecule has 0 aliphatic carbocycles. The number of ether oxygens (including phenoxy) is 2. The summed E-state index contributed by atoms with van der Waals surface area (Å²) >= 11 is 0. The Kier molecular flexibility index (Phi) is 8.44. The fourth-order valence-corrected chi connectivity index (χ4v) is 13.6. The molecule has 6 aliphatic heterocycles. The van der Waals surface area contributed by atoms with E-state index in [1.807, 2.05) is 0 Å². The van der Waals surface area contributed by atoms with E-state index in [0.29, 0.717) is 0 Å². The van der Waals surface area contributed by atoms with Crippen LogP contribution >= 0.6 is 0 Å². The van der Waals surface area contributed by atoms with Gasteiger partial charge in [-0.1, -0.05) is 152 Å². The van der Waals surface area contributed by atoms with Crippen LogP contribution in [-0.4, -0.2) is 20.1 Å². The molecular weight excluding hydrogens is 913 g/mol. The van der Waals surface area contributed by atoms with Crippen molar-refractivity contribution in [3.63, 3.8) is 0 Å². The van der Waals surface area contributed by atoms with E-state index < -0.39 is 0 Å². The summed E-state index contributed by atoms with van der Waals surface area (Å²) in [5, 5.41) is 0. The Morgan fingerprint density at radius 2 is 0.707 bits per heavy atom. The maximum absolute atomic E-state index is 7.65. The molecule has 0 amide bonds. The summed E-state index contributed by atoms with van der Waals surface area (Å²) in [4.78, 5) is 9.80. The fourth-order valence-electron chi connectivity index (χ4n) is 13.6. The average molecular weight is 955 g/mol. The van der Waals surface area contributed by atoms with Crippen molar-refractivity contribution in [3.8, 4) is 23.0 Å². The lowest BCUT2D eigenvalue weighted by Gasteiger charge is -2.49. The van der Waals surface area contributed by atoms with Crippen molar-refractivity contribution in [2.24, 2.45) is 0 Å². The van der Waals surface area contributed by atoms with Crippen LogP contribution in [0.15, 0.2) is 249 Å². The summed E-state index contributed by atoms with van der Waals surface area (Å²) in [6, 6.07) is 90.5. The van der Waals surface area contributed by atoms with Crippen LogP contribution in [-0.2, 0) is 0 Å². The molecule has 9 heteroatoms. The highest BCUT2D eigenvalue weighted by Gasteiger charge is 2.52. The van der Waals surface area contributed by atoms with Gasteiger partial charge in [0, 0.05) is 80.8 Å². The molecule has 0 saturated heterocycles. The van der Waals surface area contributed by atoms with Gasteiger partial charge >= 0.3 is 0 Å². The molecule has 346 valence electrons. The van der Waals surface area contributed by atoms with E-state index in [4.69, 9.17) is 9.47 Å². The number of benzene rings is 11. The molecule has 17 rings (SSSR count). The topological polar surface area (TPSA) is 31.4 Å². The number of rotatable bonds is 5. The van der Waals surface area contributed by atoms with E-state index in [1.165, 1.54) is 55.5 Å². The van der Waals surface area contributed by atoms with Crippen LogP contribution in [0.25, 0.3) is 0 Å². The van der Waals surface area contributed by atoms with Gasteiger partial charge in [-0.05, 0) is 128 Å². The first-order chi connectivity index (χ1) is 37.2. The molecular formula is C66H41B3N4O2. The smallest absolute Gasteiger partial charge is 0.256 e. The van der Waals surface area contributed by atoms with Gasteiger partial charge in [0.15, 0.2) is 0 Å². The Morgan fingerprint density at radius 1 is 0.267 bits per heavy atom. The molecule has 0 atom stereocenters. The van der Waals surface area contributed by atoms with Gasteiger partial charge in [0.1, 0.15) is 23.0 Å². The standard InChI is InChI=1S/C66H41B3N4O2/c1-5-21-42(22-6-1)70(43-23-7-2-8-24-43)46-37-57-63-61(38-46)74-59-36-20-16-32-50(59)69(63)51-39-52-60(40-56(51)72(57)45-27-11-4-12-28-45)75-62-41-58-64-66-65(62)68(52)49-31-15-19-35-55(49)73(66)54-34-18-14-30-48(54)67(64)47-29-13-17-33-53(47)71(58)44-25-9-3-10-26-44/h1-41H. The number of hydrogen-bond acceptors (Lipinski definition) is 6. The predicted molar refractivity (Wildman–Crippen MR) is 312 cm³/mol. The van der Waals surface area contributed by atoms with Gasteiger partial charge in [-0.15, -0.1) is 0 Å². The molecule has 0 spiro atoms. The zero-order chi connectivity index (χ0) is 48.9. The van der Waals surface area contributed by atoms with E-state index in [-0.39, 0.29) is 20.1 Å². The second kappa shape index (κ2) is 15.5. The van der Waals surface area contributed by atoms with Crippen LogP contribution in [0.1, 0.15) is 0 Å². The Morgan fingerprint density at radius 3 is 1.32 bits per heavy atom. The van der Waals surface area contributed by atoms with Crippen LogP contribution in [0.4, 0.5) is 68.2 Å². The molecule has 6 heterocycles. The van der Waals surface area contributed by atoms with Gasteiger partial charge in [-0.3, -0.25) is 0 Å². The summed E-state index contributed by atoms with van der Waals surface area (Å²) in [6.45, 7) is -0.247. The van der Waals surface area contributed by atoms with Gasteiger partial charge in [0.25, 0.3) is 20.1 Å². The SMILES string of the molecule is c1ccc(N(c2ccccc2)c2cc3c4c(c2)N(c2ccccc2)c2cc5c(cc2B4c2ccccc2O3)B2c3ccccc3N3c4ccccc4B4c6ccccc6N(c6ccccc6)c6cc(c2c3c64)O5)cc1. The third-order valence-corrected chi connectivity index (χ3v) is 16.5. The van der Waals surface area contributed by atoms with E-state index in [2.05, 4.69) is 268 Å². The van der Waals surface area contributed by atoms with Crippen molar-refractivity contribution in [1.82, 2.24) is 0 Å². The zero-order valence-electron chi connectivity index (χ0n) is 40.5. The van der Waals surface area contributed by atoms with Crippen LogP contribution < -0.4 is 78.2 Å². The van der Waals surface area contributed by atoms with Crippen molar-refractivity contribution >= 4 is 138 Å². The minimum atomic E-state index is -0.137. The van der Waals surface area contributed by atoms with Gasteiger partial charge in [0.05, 0.1) is 5.69 Å². The molecule has 0 bridgehead atoms. The molecule has 75 heavy (non-hydrogen) atoms. The van der Waals surface area contributed by atoms with Crippen molar-refractivity contribution < 1.29 is 9.47 Å². The summed E-state index contributed by atoms with van der Waals surface area (Å²) in [6.07, 6.45) is 0. The van der Waals surface area contributed by atoms with E-state index in [9.17, 15) is 0 Å². The summed E-state index contributed by atoms with van der Waals surface area (Å²) in [7, 11) is 0. The molecule has 11 aromatic rings. The van der Waals surface area contributed by atoms with E-state index in [1.54, 1.807) is 0 Å². The normalized spacial score (nSPS) is 13.9. The summed E-state index contributed by atoms with van der Waals surface area (Å²) in [5.74, 6) is 3.44. The summed E-state index contributed by atoms with van der Waals surface area (Å²) in [5.41, 5.74) is 24.4. The molecule has 0 unspecified atom stereocenters. The largest absolute Gasteiger partial charge is 0.458 e. The molecule has 11 aromatic carbocycles. The van der Waals surface area contributed by atoms with Crippen molar-refractivity contribution in [1.29, 1.82) is 0 Å². The van der Waals surface area contributed by atoms with Crippen molar-refractivity contribution in [2.45, 2.75) is 0 Å². The first-order valence-corrected chi connectivity index (χ1v) is 25.9. The van der Waals surface area contributed by atoms with Crippen molar-refractivity contribution in [3.05, 3.63) is 249 Å². The maximum atomic E-state index is 7.65. The third kappa shape index (κ3) is 5.67. The Bertz CT molecular complexity index is 4150. The lowest BCUT2D eigenvalue weighted by molar-refractivity contribution is 0.487. The number of para-hydroxylation sites is 8. The molecule has 0 fully saturated rings. The van der Waals surface area contributed by atoms with Crippen LogP contribution in [0.3, 0.4) is 0 Å². The Balaban J connectivity index is 0.945. The van der Waals surface area contributed by atoms with Crippen molar-refractivity contribution in [2.75, 3.05) is 19.6 Å². The number of anilines is 12. The van der Waals surface area contributed by atoms with Crippen LogP contribution in [0, 0.1) is 0 Å². The lowest BCUT2D eigenvalue weighted by Crippen LogP contribution is -2.68. The van der Waals surface area contributed by atoms with Crippen LogP contribution in [0.5, 0.6) is 23.0 Å². The summed E-state index contributed by atoms with van der Waals surface area (Å²) < 4.78 is 14.8. The van der Waals surface area contributed by atoms with Gasteiger partial charge in [-0.2, -0.15) is 0 Å². The lowest BCUT2D eigenvalue weighted by atomic mass is 9.28. The van der Waals surface area contributed by atoms with Gasteiger partial charge < -0.3 is 29.1 Å². The van der Waals surface area contributed by atoms with Crippen LogP contribution in [0.2, 0.25) is 0 Å². The minimum Gasteiger partial charge on any atom is -0.458 e. The fraction of sp³-hybridized carbons (Fsp3) is 0. The zero-order valence-corrected chi connectivity index (χ0v) is 40.5. The highest BCUT2D eigenvalue weighted by Crippen LogP contribution is 2.50. The second-order valence-corrected chi connectivity index (χ2v) is 20.3. The van der Waals surface area contributed by atoms with Gasteiger partial charge in [-0.25, -0.2) is 0 Å². The highest BCUT2D eigenvalue weighted by molar-refractivity contribution is 7.05. The number of nitrogens with zero attached hydrogens (tertiary/aromatic N) is 4. The van der Waals surface area contributed by atoms with Gasteiger partial charge in [0.2, 0.25) is 0 Å². The first-order valence-electron chi connectivity index (χ1n) is 25.9. The third-order valence-electron chi connectivity index (χ3n) is 16.5. The number of fused-ring (bicyclic) bond motifs is 14. The molecule has 0 N–H and O–H groups in total. The minimum absolute atomic E-state index is 0.0115. The highest BCUT2D eigenvalue weighted by atomic mass is 16.5. The number of hydrogen-bond donors (Lipinski definition) is 0. The van der Waals surface area contributed by atoms with E-state index in [0.717, 1.165) is 84.9 Å². The Labute approximate surface area is 436 Å². The average Bonchev–Trinajstić information content (AvgIpc) is 3.59. The first kappa shape index (κ1) is 40.9. The molecule has 6 nitrogen and oxygen atoms in total.